The summed E-state index contributed by atoms with van der Waals surface area (Å²) in [5.41, 5.74) is 3.02. The summed E-state index contributed by atoms with van der Waals surface area (Å²) in [6, 6.07) is 21.4. The van der Waals surface area contributed by atoms with Gasteiger partial charge in [0, 0.05) is 16.4 Å². The van der Waals surface area contributed by atoms with Crippen molar-refractivity contribution in [3.63, 3.8) is 0 Å². The number of nitrogens with zero attached hydrogens (tertiary/aromatic N) is 1. The van der Waals surface area contributed by atoms with Gasteiger partial charge in [0.05, 0.1) is 5.56 Å². The minimum Gasteiger partial charge on any atom is -0.508 e. The standard InChI is InChI=1S/C20H15ClN2O2/c21-14-7-5-13(6-8-14)19-22-18-4-2-1-3-17(18)20(25)23(19)15-9-11-16(24)12-10-15/h1-12,19,22,24H/t19-/m1/s1. The Kier molecular flexibility index (Phi) is 3.82. The van der Waals surface area contributed by atoms with Crippen LogP contribution in [-0.2, 0) is 0 Å². The summed E-state index contributed by atoms with van der Waals surface area (Å²) in [7, 11) is 0. The van der Waals surface area contributed by atoms with Crippen molar-refractivity contribution in [3.05, 3.63) is 88.9 Å². The van der Waals surface area contributed by atoms with Crippen molar-refractivity contribution in [2.75, 3.05) is 10.2 Å². The van der Waals surface area contributed by atoms with E-state index in [-0.39, 0.29) is 17.8 Å². The molecule has 25 heavy (non-hydrogen) atoms. The maximum absolute atomic E-state index is 13.2. The molecule has 3 aromatic carbocycles. The number of phenolic OH excluding ortho intramolecular Hbond substituents is 1. The molecule has 4 nitrogen and oxygen atoms in total. The van der Waals surface area contributed by atoms with Crippen molar-refractivity contribution in [3.8, 4) is 5.75 Å². The van der Waals surface area contributed by atoms with E-state index in [9.17, 15) is 9.90 Å². The molecule has 0 bridgehead atoms. The van der Waals surface area contributed by atoms with Crippen molar-refractivity contribution in [1.82, 2.24) is 0 Å². The lowest BCUT2D eigenvalue weighted by Crippen LogP contribution is -2.43. The molecule has 0 radical (unpaired) electrons. The topological polar surface area (TPSA) is 52.6 Å². The third-order valence-corrected chi connectivity index (χ3v) is 4.49. The lowest BCUT2D eigenvalue weighted by Gasteiger charge is -2.38. The number of fused-ring (bicyclic) bond motifs is 1. The fourth-order valence-corrected chi connectivity index (χ4v) is 3.14. The van der Waals surface area contributed by atoms with E-state index in [0.29, 0.717) is 16.3 Å². The molecule has 0 fully saturated rings. The fraction of sp³-hybridized carbons (Fsp3) is 0.0500. The van der Waals surface area contributed by atoms with Gasteiger partial charge in [0.1, 0.15) is 11.9 Å². The van der Waals surface area contributed by atoms with Crippen molar-refractivity contribution < 1.29 is 9.90 Å². The Morgan fingerprint density at radius 3 is 2.32 bits per heavy atom. The number of anilines is 2. The molecule has 0 saturated heterocycles. The number of hydrogen-bond acceptors (Lipinski definition) is 3. The highest BCUT2D eigenvalue weighted by Crippen LogP contribution is 2.37. The van der Waals surface area contributed by atoms with Crippen molar-refractivity contribution in [1.29, 1.82) is 0 Å². The van der Waals surface area contributed by atoms with Crippen molar-refractivity contribution in [2.24, 2.45) is 0 Å². The quantitative estimate of drug-likeness (QED) is 0.697. The van der Waals surface area contributed by atoms with Crippen LogP contribution in [-0.4, -0.2) is 11.0 Å². The molecule has 3 aromatic rings. The van der Waals surface area contributed by atoms with Gasteiger partial charge in [-0.25, -0.2) is 0 Å². The maximum Gasteiger partial charge on any atom is 0.262 e. The highest BCUT2D eigenvalue weighted by molar-refractivity contribution is 6.30. The third-order valence-electron chi connectivity index (χ3n) is 4.24. The Balaban J connectivity index is 1.85. The highest BCUT2D eigenvalue weighted by atomic mass is 35.5. The van der Waals surface area contributed by atoms with Gasteiger partial charge in [0.25, 0.3) is 5.91 Å². The van der Waals surface area contributed by atoms with Crippen molar-refractivity contribution >= 4 is 28.9 Å². The molecule has 5 heteroatoms. The molecule has 1 atom stereocenters. The number of hydrogen-bond donors (Lipinski definition) is 2. The number of halogens is 1. The van der Waals surface area contributed by atoms with Crippen LogP contribution in [0.2, 0.25) is 5.02 Å². The molecule has 2 N–H and O–H groups in total. The number of benzene rings is 3. The number of phenols is 1. The number of carbonyl (C=O) groups excluding carboxylic acids is 1. The number of aromatic hydroxyl groups is 1. The first-order valence-electron chi connectivity index (χ1n) is 7.87. The zero-order valence-electron chi connectivity index (χ0n) is 13.2. The van der Waals surface area contributed by atoms with Gasteiger partial charge < -0.3 is 10.4 Å². The second-order valence-corrected chi connectivity index (χ2v) is 6.27. The van der Waals surface area contributed by atoms with E-state index < -0.39 is 0 Å². The van der Waals surface area contributed by atoms with Crippen molar-refractivity contribution in [2.45, 2.75) is 6.17 Å². The molecule has 0 spiro atoms. The first-order valence-corrected chi connectivity index (χ1v) is 8.25. The Bertz CT molecular complexity index is 923. The van der Waals surface area contributed by atoms with Crippen LogP contribution in [0, 0.1) is 0 Å². The Morgan fingerprint density at radius 2 is 1.60 bits per heavy atom. The maximum atomic E-state index is 13.2. The van der Waals surface area contributed by atoms with E-state index >= 15 is 0 Å². The normalized spacial score (nSPS) is 16.3. The molecule has 1 aliphatic rings. The van der Waals surface area contributed by atoms with E-state index in [0.717, 1.165) is 11.3 Å². The summed E-state index contributed by atoms with van der Waals surface area (Å²) >= 11 is 6.00. The fourth-order valence-electron chi connectivity index (χ4n) is 3.01. The van der Waals surface area contributed by atoms with Gasteiger partial charge in [-0.05, 0) is 54.1 Å². The Hall–Kier alpha value is -2.98. The summed E-state index contributed by atoms with van der Waals surface area (Å²) in [6.45, 7) is 0. The second-order valence-electron chi connectivity index (χ2n) is 5.84. The summed E-state index contributed by atoms with van der Waals surface area (Å²) < 4.78 is 0. The van der Waals surface area contributed by atoms with Crippen LogP contribution < -0.4 is 10.2 Å². The molecule has 0 aliphatic carbocycles. The number of rotatable bonds is 2. The van der Waals surface area contributed by atoms with E-state index in [2.05, 4.69) is 5.32 Å². The van der Waals surface area contributed by atoms with Gasteiger partial charge in [-0.2, -0.15) is 0 Å². The Labute approximate surface area is 150 Å². The van der Waals surface area contributed by atoms with Gasteiger partial charge >= 0.3 is 0 Å². The predicted octanol–water partition coefficient (Wildman–Crippen LogP) is 4.82. The van der Waals surface area contributed by atoms with E-state index in [1.807, 2.05) is 30.3 Å². The molecule has 1 aliphatic heterocycles. The van der Waals surface area contributed by atoms with E-state index in [1.54, 1.807) is 47.4 Å². The summed E-state index contributed by atoms with van der Waals surface area (Å²) in [5.74, 6) is 0.0598. The molecule has 0 aromatic heterocycles. The van der Waals surface area contributed by atoms with Gasteiger partial charge in [-0.1, -0.05) is 35.9 Å². The van der Waals surface area contributed by atoms with Crippen LogP contribution in [0.5, 0.6) is 5.75 Å². The van der Waals surface area contributed by atoms with Crippen LogP contribution in [0.3, 0.4) is 0 Å². The van der Waals surface area contributed by atoms with E-state index in [4.69, 9.17) is 11.6 Å². The molecule has 4 rings (SSSR count). The molecular weight excluding hydrogens is 336 g/mol. The molecule has 1 amide bonds. The third kappa shape index (κ3) is 2.81. The minimum atomic E-state index is -0.371. The van der Waals surface area contributed by atoms with Gasteiger partial charge in [0.2, 0.25) is 0 Å². The molecule has 124 valence electrons. The minimum absolute atomic E-state index is 0.0972. The van der Waals surface area contributed by atoms with Gasteiger partial charge in [-0.3, -0.25) is 9.69 Å². The molecule has 0 unspecified atom stereocenters. The number of carbonyl (C=O) groups is 1. The molecule has 0 saturated carbocycles. The molecule has 1 heterocycles. The van der Waals surface area contributed by atoms with Crippen LogP contribution >= 0.6 is 11.6 Å². The second kappa shape index (κ2) is 6.15. The Morgan fingerprint density at radius 1 is 0.920 bits per heavy atom. The average Bonchev–Trinajstić information content (AvgIpc) is 2.63. The first kappa shape index (κ1) is 15.5. The SMILES string of the molecule is O=C1c2ccccc2N[C@@H](c2ccc(Cl)cc2)N1c1ccc(O)cc1. The van der Waals surface area contributed by atoms with Crippen LogP contribution in [0.15, 0.2) is 72.8 Å². The van der Waals surface area contributed by atoms with Gasteiger partial charge in [-0.15, -0.1) is 0 Å². The first-order chi connectivity index (χ1) is 12.1. The van der Waals surface area contributed by atoms with E-state index in [1.165, 1.54) is 0 Å². The zero-order chi connectivity index (χ0) is 17.4. The zero-order valence-corrected chi connectivity index (χ0v) is 13.9. The lowest BCUT2D eigenvalue weighted by atomic mass is 10.0. The van der Waals surface area contributed by atoms with Crippen LogP contribution in [0.4, 0.5) is 11.4 Å². The molecular formula is C20H15ClN2O2. The average molecular weight is 351 g/mol. The van der Waals surface area contributed by atoms with Gasteiger partial charge in [0.15, 0.2) is 0 Å². The number of para-hydroxylation sites is 1. The highest BCUT2D eigenvalue weighted by Gasteiger charge is 2.33. The predicted molar refractivity (Wildman–Crippen MR) is 99.2 cm³/mol. The number of nitrogens with one attached hydrogen (secondary N) is 1. The monoisotopic (exact) mass is 350 g/mol. The summed E-state index contributed by atoms with van der Waals surface area (Å²) in [6.07, 6.45) is -0.371. The summed E-state index contributed by atoms with van der Waals surface area (Å²) in [4.78, 5) is 14.8. The largest absolute Gasteiger partial charge is 0.508 e. The van der Waals surface area contributed by atoms with Crippen LogP contribution in [0.25, 0.3) is 0 Å². The lowest BCUT2D eigenvalue weighted by molar-refractivity contribution is 0.0975. The van der Waals surface area contributed by atoms with Crippen LogP contribution in [0.1, 0.15) is 22.1 Å². The smallest absolute Gasteiger partial charge is 0.262 e. The summed E-state index contributed by atoms with van der Waals surface area (Å²) in [5, 5.41) is 13.6. The number of amides is 1.